The molecule has 0 bridgehead atoms. The minimum Gasteiger partial charge on any atom is -0.477 e. The van der Waals surface area contributed by atoms with Gasteiger partial charge in [-0.2, -0.15) is 0 Å². The number of carboxylic acid groups (broad SMARTS) is 1. The molecule has 0 aromatic heterocycles. The first-order chi connectivity index (χ1) is 19.5. The fourth-order valence-electron chi connectivity index (χ4n) is 4.91. The Morgan fingerprint density at radius 2 is 1.61 bits per heavy atom. The Morgan fingerprint density at radius 3 is 2.12 bits per heavy atom. The normalized spacial score (nSPS) is 26.0. The van der Waals surface area contributed by atoms with Crippen LogP contribution in [0.4, 0.5) is 0 Å². The molecule has 1 aliphatic rings. The van der Waals surface area contributed by atoms with Crippen LogP contribution in [0.3, 0.4) is 0 Å². The molecule has 1 amide bonds. The minimum atomic E-state index is -2.49. The van der Waals surface area contributed by atoms with Crippen LogP contribution in [-0.4, -0.2) is 104 Å². The third kappa shape index (κ3) is 13.5. The Kier molecular flexibility index (Phi) is 18.5. The van der Waals surface area contributed by atoms with Crippen LogP contribution in [0, 0.1) is 0 Å². The summed E-state index contributed by atoms with van der Waals surface area (Å²) >= 11 is 0. The van der Waals surface area contributed by atoms with Gasteiger partial charge in [0.15, 0.2) is 0 Å². The van der Waals surface area contributed by atoms with Gasteiger partial charge < -0.3 is 51.2 Å². The van der Waals surface area contributed by atoms with Gasteiger partial charge in [0.2, 0.25) is 5.91 Å². The Hall–Kier alpha value is -1.64. The van der Waals surface area contributed by atoms with Crippen molar-refractivity contribution in [2.24, 2.45) is 5.73 Å². The Labute approximate surface area is 243 Å². The van der Waals surface area contributed by atoms with Crippen molar-refractivity contribution in [1.82, 2.24) is 5.32 Å². The van der Waals surface area contributed by atoms with Crippen LogP contribution in [0.2, 0.25) is 0 Å². The van der Waals surface area contributed by atoms with Gasteiger partial charge in [-0.05, 0) is 12.8 Å². The van der Waals surface area contributed by atoms with Gasteiger partial charge in [0, 0.05) is 13.3 Å². The van der Waals surface area contributed by atoms with E-state index in [-0.39, 0.29) is 0 Å². The van der Waals surface area contributed by atoms with Crippen molar-refractivity contribution >= 4 is 11.9 Å². The second-order valence-electron chi connectivity index (χ2n) is 11.1. The molecule has 240 valence electrons. The summed E-state index contributed by atoms with van der Waals surface area (Å²) in [4.78, 5) is 23.8. The number of aliphatic hydroxyl groups is 5. The average Bonchev–Trinajstić information content (AvgIpc) is 2.94. The van der Waals surface area contributed by atoms with E-state index in [9.17, 15) is 40.2 Å². The van der Waals surface area contributed by atoms with E-state index in [2.05, 4.69) is 12.2 Å². The van der Waals surface area contributed by atoms with E-state index in [1.54, 1.807) is 0 Å². The number of hydrogen-bond donors (Lipinski definition) is 8. The van der Waals surface area contributed by atoms with Crippen LogP contribution >= 0.6 is 0 Å². The number of amides is 1. The molecule has 1 rings (SSSR count). The van der Waals surface area contributed by atoms with Gasteiger partial charge in [0.05, 0.1) is 37.5 Å². The summed E-state index contributed by atoms with van der Waals surface area (Å²) in [7, 11) is 0. The smallest absolute Gasteiger partial charge is 0.364 e. The zero-order valence-corrected chi connectivity index (χ0v) is 24.7. The summed E-state index contributed by atoms with van der Waals surface area (Å²) in [6, 6.07) is -2.32. The topological polar surface area (TPSA) is 212 Å². The van der Waals surface area contributed by atoms with E-state index in [4.69, 9.17) is 15.2 Å². The fourth-order valence-corrected chi connectivity index (χ4v) is 4.91. The average molecular weight is 591 g/mol. The van der Waals surface area contributed by atoms with Gasteiger partial charge >= 0.3 is 5.97 Å². The first-order valence-corrected chi connectivity index (χ1v) is 15.1. The number of aliphatic carboxylic acids is 1. The number of ether oxygens (including phenoxy) is 2. The molecule has 0 radical (unpaired) electrons. The summed E-state index contributed by atoms with van der Waals surface area (Å²) in [6.45, 7) is 2.02. The van der Waals surface area contributed by atoms with Gasteiger partial charge in [-0.3, -0.25) is 4.79 Å². The maximum atomic E-state index is 12.2. The molecule has 1 fully saturated rings. The number of nitrogens with two attached hydrogens (primary N) is 1. The molecule has 1 heterocycles. The number of hydrogen-bond acceptors (Lipinski definition) is 10. The molecule has 1 saturated heterocycles. The molecule has 9 N–H and O–H groups in total. The number of unbranched alkanes of at least 4 members (excludes halogenated alkanes) is 11. The van der Waals surface area contributed by atoms with Crippen molar-refractivity contribution in [3.63, 3.8) is 0 Å². The molecule has 41 heavy (non-hydrogen) atoms. The number of aliphatic hydroxyl groups excluding tert-OH is 5. The largest absolute Gasteiger partial charge is 0.477 e. The Morgan fingerprint density at radius 1 is 1.05 bits per heavy atom. The predicted molar refractivity (Wildman–Crippen MR) is 153 cm³/mol. The van der Waals surface area contributed by atoms with E-state index in [1.165, 1.54) is 63.9 Å². The number of nitrogens with one attached hydrogen (secondary N) is 1. The van der Waals surface area contributed by atoms with Crippen molar-refractivity contribution in [3.05, 3.63) is 12.2 Å². The maximum Gasteiger partial charge on any atom is 0.364 e. The van der Waals surface area contributed by atoms with Crippen LogP contribution < -0.4 is 11.1 Å². The summed E-state index contributed by atoms with van der Waals surface area (Å²) in [6.07, 6.45) is 9.18. The van der Waals surface area contributed by atoms with E-state index in [0.717, 1.165) is 26.2 Å². The third-order valence-corrected chi connectivity index (χ3v) is 7.44. The van der Waals surface area contributed by atoms with Crippen molar-refractivity contribution < 1.29 is 49.7 Å². The van der Waals surface area contributed by atoms with Crippen molar-refractivity contribution in [2.45, 2.75) is 146 Å². The van der Waals surface area contributed by atoms with Gasteiger partial charge in [0.25, 0.3) is 5.79 Å². The molecule has 0 aromatic carbocycles. The van der Waals surface area contributed by atoms with Gasteiger partial charge in [-0.1, -0.05) is 83.3 Å². The minimum absolute atomic E-state index is 0.473. The lowest BCUT2D eigenvalue weighted by Crippen LogP contribution is -2.68. The highest BCUT2D eigenvalue weighted by molar-refractivity contribution is 5.76. The zero-order valence-electron chi connectivity index (χ0n) is 24.7. The van der Waals surface area contributed by atoms with Crippen molar-refractivity contribution in [2.75, 3.05) is 13.2 Å². The van der Waals surface area contributed by atoms with Gasteiger partial charge in [-0.15, -0.1) is 0 Å². The molecular formula is C29H54N2O10. The molecule has 0 aliphatic carbocycles. The summed E-state index contributed by atoms with van der Waals surface area (Å²) < 4.78 is 11.0. The SMILES string of the molecule is CCCCCCCCCCCCC/C=C/[C@@H](O)[C@@H](N)CO[C@]1(C(=O)O)C[C@H](O)[C@@H](NC(C)=O)[C@H]([C@H](O)[C@H](O)CO)O1. The molecule has 0 spiro atoms. The van der Waals surface area contributed by atoms with Gasteiger partial charge in [-0.25, -0.2) is 4.79 Å². The van der Waals surface area contributed by atoms with E-state index in [0.29, 0.717) is 0 Å². The van der Waals surface area contributed by atoms with Crippen molar-refractivity contribution in [1.29, 1.82) is 0 Å². The second kappa shape index (κ2) is 20.3. The van der Waals surface area contributed by atoms with Crippen LogP contribution in [0.25, 0.3) is 0 Å². The van der Waals surface area contributed by atoms with E-state index in [1.807, 2.05) is 6.08 Å². The first kappa shape index (κ1) is 37.4. The highest BCUT2D eigenvalue weighted by Crippen LogP contribution is 2.33. The van der Waals surface area contributed by atoms with Gasteiger partial charge in [0.1, 0.15) is 18.3 Å². The van der Waals surface area contributed by atoms with E-state index >= 15 is 0 Å². The molecule has 0 unspecified atom stereocenters. The summed E-state index contributed by atoms with van der Waals surface area (Å²) in [5.74, 6) is -4.73. The number of carboxylic acids is 1. The number of carbonyl (C=O) groups is 2. The second-order valence-corrected chi connectivity index (χ2v) is 11.1. The monoisotopic (exact) mass is 590 g/mol. The third-order valence-electron chi connectivity index (χ3n) is 7.44. The standard InChI is InChI=1S/C29H54N2O10/c1-3-4-5-6-7-8-9-10-11-12-13-14-15-16-22(34)21(30)19-40-29(28(38)39)17-23(35)25(31-20(2)33)27(41-29)26(37)24(36)18-32/h15-16,21-27,32,34-37H,3-14,17-19,30H2,1-2H3,(H,31,33)(H,38,39)/b16-15+/t21-,22+,23-,24+,25+,26+,27+,29+/m0/s1. The molecule has 0 aromatic rings. The quantitative estimate of drug-likeness (QED) is 0.0660. The zero-order chi connectivity index (χ0) is 30.8. The number of allylic oxidation sites excluding steroid dienone is 1. The lowest BCUT2D eigenvalue weighted by atomic mass is 9.88. The highest BCUT2D eigenvalue weighted by atomic mass is 16.7. The van der Waals surface area contributed by atoms with Crippen LogP contribution in [0.1, 0.15) is 97.3 Å². The molecule has 0 saturated carbocycles. The highest BCUT2D eigenvalue weighted by Gasteiger charge is 2.55. The Bertz CT molecular complexity index is 770. The molecule has 1 aliphatic heterocycles. The maximum absolute atomic E-state index is 12.2. The lowest BCUT2D eigenvalue weighted by molar-refractivity contribution is -0.312. The predicted octanol–water partition coefficient (Wildman–Crippen LogP) is 1.10. The summed E-state index contributed by atoms with van der Waals surface area (Å²) in [5, 5.41) is 62.9. The first-order valence-electron chi connectivity index (χ1n) is 15.1. The fraction of sp³-hybridized carbons (Fsp3) is 0.862. The Balaban J connectivity index is 2.56. The molecule has 8 atom stereocenters. The lowest BCUT2D eigenvalue weighted by Gasteiger charge is -2.46. The van der Waals surface area contributed by atoms with Crippen LogP contribution in [-0.2, 0) is 19.1 Å². The number of rotatable bonds is 22. The summed E-state index contributed by atoms with van der Waals surface area (Å²) in [5.41, 5.74) is 6.02. The number of carbonyl (C=O) groups excluding carboxylic acids is 1. The molecule has 12 heteroatoms. The molecule has 12 nitrogen and oxygen atoms in total. The van der Waals surface area contributed by atoms with Crippen LogP contribution in [0.15, 0.2) is 12.2 Å². The van der Waals surface area contributed by atoms with Crippen LogP contribution in [0.5, 0.6) is 0 Å². The molecular weight excluding hydrogens is 536 g/mol. The van der Waals surface area contributed by atoms with E-state index < -0.39 is 79.9 Å². The van der Waals surface area contributed by atoms with Crippen molar-refractivity contribution in [3.8, 4) is 0 Å².